The van der Waals surface area contributed by atoms with Gasteiger partial charge in [0.25, 0.3) is 0 Å². The van der Waals surface area contributed by atoms with E-state index in [-0.39, 0.29) is 11.2 Å². The molecule has 184 valence electrons. The van der Waals surface area contributed by atoms with Crippen LogP contribution in [0.25, 0.3) is 0 Å². The van der Waals surface area contributed by atoms with E-state index in [2.05, 4.69) is 130 Å². The molecule has 0 saturated carbocycles. The monoisotopic (exact) mass is 495 g/mol. The SMILES string of the molecule is CC(C=CC1=C(C)C(=O)[C@@H](O)CC1(C)C)=CC[P+](c1ccccc1)(c1ccccc1)c1ccccc1. The van der Waals surface area contributed by atoms with Crippen molar-refractivity contribution in [2.24, 2.45) is 5.41 Å². The molecule has 1 atom stereocenters. The van der Waals surface area contributed by atoms with Crippen molar-refractivity contribution in [1.82, 2.24) is 0 Å². The van der Waals surface area contributed by atoms with Crippen LogP contribution in [0.15, 0.2) is 126 Å². The Morgan fingerprint density at radius 3 is 1.78 bits per heavy atom. The van der Waals surface area contributed by atoms with E-state index in [1.54, 1.807) is 0 Å². The fraction of sp³-hybridized carbons (Fsp3) is 0.242. The molecule has 0 bridgehead atoms. The second-order valence-corrected chi connectivity index (χ2v) is 13.8. The van der Waals surface area contributed by atoms with E-state index < -0.39 is 13.4 Å². The van der Waals surface area contributed by atoms with Crippen molar-refractivity contribution in [3.63, 3.8) is 0 Å². The Hall–Kier alpha value is -3.06. The van der Waals surface area contributed by atoms with Gasteiger partial charge in [0.05, 0.1) is 6.16 Å². The predicted molar refractivity (Wildman–Crippen MR) is 155 cm³/mol. The molecular formula is C33H36O2P+. The topological polar surface area (TPSA) is 37.3 Å². The van der Waals surface area contributed by atoms with Gasteiger partial charge in [-0.15, -0.1) is 0 Å². The van der Waals surface area contributed by atoms with E-state index in [1.807, 2.05) is 6.92 Å². The lowest BCUT2D eigenvalue weighted by atomic mass is 9.71. The smallest absolute Gasteiger partial charge is 0.187 e. The van der Waals surface area contributed by atoms with Gasteiger partial charge in [0.1, 0.15) is 29.3 Å². The molecule has 36 heavy (non-hydrogen) atoms. The first kappa shape index (κ1) is 26.0. The maximum Gasteiger partial charge on any atom is 0.187 e. The molecule has 1 N–H and O–H groups in total. The fourth-order valence-corrected chi connectivity index (χ4v) is 9.43. The molecule has 1 aliphatic carbocycles. The van der Waals surface area contributed by atoms with Gasteiger partial charge in [0.15, 0.2) is 5.78 Å². The van der Waals surface area contributed by atoms with Crippen LogP contribution in [-0.2, 0) is 4.79 Å². The molecule has 0 aromatic heterocycles. The van der Waals surface area contributed by atoms with Crippen LogP contribution >= 0.6 is 7.26 Å². The summed E-state index contributed by atoms with van der Waals surface area (Å²) in [6.07, 6.45) is 7.01. The molecule has 1 aliphatic rings. The highest BCUT2D eigenvalue weighted by atomic mass is 31.2. The van der Waals surface area contributed by atoms with Crippen LogP contribution in [0.4, 0.5) is 0 Å². The number of carbonyl (C=O) groups excluding carboxylic acids is 1. The van der Waals surface area contributed by atoms with Crippen molar-refractivity contribution in [2.45, 2.75) is 40.2 Å². The second-order valence-electron chi connectivity index (χ2n) is 10.3. The molecule has 0 saturated heterocycles. The predicted octanol–water partition coefficient (Wildman–Crippen LogP) is 6.16. The van der Waals surface area contributed by atoms with Gasteiger partial charge in [0, 0.05) is 0 Å². The third-order valence-electron chi connectivity index (χ3n) is 7.30. The van der Waals surface area contributed by atoms with E-state index in [0.717, 1.165) is 17.3 Å². The molecule has 0 heterocycles. The minimum atomic E-state index is -1.93. The molecule has 0 radical (unpaired) electrons. The van der Waals surface area contributed by atoms with Crippen molar-refractivity contribution in [3.8, 4) is 0 Å². The van der Waals surface area contributed by atoms with Gasteiger partial charge in [0.2, 0.25) is 0 Å². The normalized spacial score (nSPS) is 18.6. The van der Waals surface area contributed by atoms with E-state index in [4.69, 9.17) is 0 Å². The third kappa shape index (κ3) is 5.21. The molecule has 4 rings (SSSR count). The first-order chi connectivity index (χ1) is 17.3. The molecular weight excluding hydrogens is 459 g/mol. The number of rotatable bonds is 7. The Kier molecular flexibility index (Phi) is 7.88. The molecule has 2 nitrogen and oxygen atoms in total. The van der Waals surface area contributed by atoms with Gasteiger partial charge in [-0.05, 0) is 79.3 Å². The number of hydrogen-bond acceptors (Lipinski definition) is 2. The number of ketones is 1. The molecule has 0 aliphatic heterocycles. The van der Waals surface area contributed by atoms with Crippen LogP contribution in [0.5, 0.6) is 0 Å². The van der Waals surface area contributed by atoms with E-state index in [9.17, 15) is 9.90 Å². The summed E-state index contributed by atoms with van der Waals surface area (Å²) in [7, 11) is -1.93. The standard InChI is InChI=1S/C33H36O2P/c1-25(20-21-30-26(2)32(35)31(34)24-33(30,3)4)22-23-36(27-14-8-5-9-15-27,28-16-10-6-11-17-28)29-18-12-7-13-19-29/h5-22,31,34H,23-24H2,1-4H3/q+1/t31-/m0/s1. The molecule has 3 heteroatoms. The van der Waals surface area contributed by atoms with Crippen molar-refractivity contribution < 1.29 is 9.90 Å². The number of carbonyl (C=O) groups is 1. The van der Waals surface area contributed by atoms with Crippen molar-refractivity contribution in [1.29, 1.82) is 0 Å². The van der Waals surface area contributed by atoms with Gasteiger partial charge in [-0.25, -0.2) is 0 Å². The summed E-state index contributed by atoms with van der Waals surface area (Å²) in [5.74, 6) is -0.155. The summed E-state index contributed by atoms with van der Waals surface area (Å²) >= 11 is 0. The van der Waals surface area contributed by atoms with E-state index in [1.165, 1.54) is 15.9 Å². The average molecular weight is 496 g/mol. The lowest BCUT2D eigenvalue weighted by molar-refractivity contribution is -0.125. The number of hydrogen-bond donors (Lipinski definition) is 1. The summed E-state index contributed by atoms with van der Waals surface area (Å²) in [4.78, 5) is 12.4. The van der Waals surface area contributed by atoms with Crippen LogP contribution in [-0.4, -0.2) is 23.2 Å². The minimum absolute atomic E-state index is 0.155. The Balaban J connectivity index is 1.77. The molecule has 3 aromatic carbocycles. The summed E-state index contributed by atoms with van der Waals surface area (Å²) in [6.45, 7) is 8.17. The van der Waals surface area contributed by atoms with Crippen molar-refractivity contribution in [3.05, 3.63) is 126 Å². The highest BCUT2D eigenvalue weighted by Gasteiger charge is 2.44. The average Bonchev–Trinajstić information content (AvgIpc) is 2.89. The highest BCUT2D eigenvalue weighted by Crippen LogP contribution is 2.55. The van der Waals surface area contributed by atoms with Gasteiger partial charge < -0.3 is 5.11 Å². The van der Waals surface area contributed by atoms with Crippen LogP contribution in [0.1, 0.15) is 34.1 Å². The summed E-state index contributed by atoms with van der Waals surface area (Å²) in [5, 5.41) is 14.3. The van der Waals surface area contributed by atoms with Crippen LogP contribution in [0, 0.1) is 5.41 Å². The van der Waals surface area contributed by atoms with Crippen molar-refractivity contribution >= 4 is 29.0 Å². The lowest BCUT2D eigenvalue weighted by Gasteiger charge is -2.34. The maximum atomic E-state index is 12.4. The zero-order valence-electron chi connectivity index (χ0n) is 21.7. The summed E-state index contributed by atoms with van der Waals surface area (Å²) in [6, 6.07) is 32.7. The van der Waals surface area contributed by atoms with Gasteiger partial charge in [-0.1, -0.05) is 86.2 Å². The highest BCUT2D eigenvalue weighted by molar-refractivity contribution is 7.95. The lowest BCUT2D eigenvalue weighted by Crippen LogP contribution is -2.35. The second kappa shape index (κ2) is 10.9. The number of aliphatic hydroxyl groups is 1. The number of allylic oxidation sites excluding steroid dienone is 5. The Labute approximate surface area is 216 Å². The maximum absolute atomic E-state index is 12.4. The van der Waals surface area contributed by atoms with Crippen LogP contribution in [0.2, 0.25) is 0 Å². The number of aliphatic hydroxyl groups excluding tert-OH is 1. The van der Waals surface area contributed by atoms with Crippen LogP contribution in [0.3, 0.4) is 0 Å². The molecule has 0 fully saturated rings. The molecule has 0 amide bonds. The van der Waals surface area contributed by atoms with Gasteiger partial charge >= 0.3 is 0 Å². The molecule has 0 unspecified atom stereocenters. The first-order valence-corrected chi connectivity index (χ1v) is 14.6. The first-order valence-electron chi connectivity index (χ1n) is 12.6. The fourth-order valence-electron chi connectivity index (χ4n) is 5.30. The third-order valence-corrected chi connectivity index (χ3v) is 11.6. The summed E-state index contributed by atoms with van der Waals surface area (Å²) < 4.78 is 0. The number of Topliss-reactive ketones (excluding diaryl/α,β-unsaturated/α-hetero) is 1. The minimum Gasteiger partial charge on any atom is -0.385 e. The van der Waals surface area contributed by atoms with Crippen molar-refractivity contribution in [2.75, 3.05) is 6.16 Å². The quantitative estimate of drug-likeness (QED) is 0.315. The summed E-state index contributed by atoms with van der Waals surface area (Å²) in [5.41, 5.74) is 2.60. The largest absolute Gasteiger partial charge is 0.385 e. The van der Waals surface area contributed by atoms with Gasteiger partial charge in [-0.2, -0.15) is 0 Å². The Morgan fingerprint density at radius 2 is 1.33 bits per heavy atom. The van der Waals surface area contributed by atoms with Crippen LogP contribution < -0.4 is 15.9 Å². The molecule has 0 spiro atoms. The van der Waals surface area contributed by atoms with E-state index in [0.29, 0.717) is 12.0 Å². The zero-order valence-corrected chi connectivity index (χ0v) is 22.6. The zero-order chi connectivity index (χ0) is 25.8. The Morgan fingerprint density at radius 1 is 0.889 bits per heavy atom. The van der Waals surface area contributed by atoms with Gasteiger partial charge in [-0.3, -0.25) is 4.79 Å². The number of benzene rings is 3. The Bertz CT molecular complexity index is 1190. The van der Waals surface area contributed by atoms with E-state index >= 15 is 0 Å². The molecule has 3 aromatic rings.